The Balaban J connectivity index is 1.96. The minimum absolute atomic E-state index is 0.0673. The molecule has 3 aromatic rings. The van der Waals surface area contributed by atoms with Gasteiger partial charge in [-0.2, -0.15) is 0 Å². The van der Waals surface area contributed by atoms with Crippen molar-refractivity contribution in [3.63, 3.8) is 0 Å². The largest absolute Gasteiger partial charge is 0.381 e. The van der Waals surface area contributed by atoms with Crippen LogP contribution >= 0.6 is 0 Å². The molecule has 4 heteroatoms. The van der Waals surface area contributed by atoms with Crippen LogP contribution in [0.5, 0.6) is 0 Å². The van der Waals surface area contributed by atoms with E-state index in [2.05, 4.69) is 11.1 Å². The standard InChI is InChI=1S/C19H20N2O2/c1-13-6-7-16-18(20-13)15-4-2-3-5-17(15)21(19(16)22)12-14-8-10-23-11-9-14/h2-7,14H,8-12H2,1H3. The molecule has 1 aliphatic heterocycles. The smallest absolute Gasteiger partial charge is 0.260 e. The molecule has 4 rings (SSSR count). The third-order valence-electron chi connectivity index (χ3n) is 4.74. The summed E-state index contributed by atoms with van der Waals surface area (Å²) in [6.45, 7) is 4.31. The van der Waals surface area contributed by atoms with Gasteiger partial charge in [-0.1, -0.05) is 18.2 Å². The first-order valence-corrected chi connectivity index (χ1v) is 8.20. The Bertz CT molecular complexity index is 924. The van der Waals surface area contributed by atoms with E-state index in [0.29, 0.717) is 11.3 Å². The molecule has 1 saturated heterocycles. The van der Waals surface area contributed by atoms with E-state index in [1.165, 1.54) is 0 Å². The van der Waals surface area contributed by atoms with Crippen molar-refractivity contribution in [1.29, 1.82) is 0 Å². The Morgan fingerprint density at radius 1 is 1.13 bits per heavy atom. The number of fused-ring (bicyclic) bond motifs is 3. The molecular weight excluding hydrogens is 288 g/mol. The molecule has 0 amide bonds. The Kier molecular flexibility index (Phi) is 3.62. The summed E-state index contributed by atoms with van der Waals surface area (Å²) in [4.78, 5) is 17.6. The molecular formula is C19H20N2O2. The molecule has 3 heterocycles. The molecule has 1 fully saturated rings. The molecule has 0 spiro atoms. The number of rotatable bonds is 2. The van der Waals surface area contributed by atoms with Gasteiger partial charge in [0.2, 0.25) is 0 Å². The quantitative estimate of drug-likeness (QED) is 0.682. The van der Waals surface area contributed by atoms with E-state index in [1.54, 1.807) is 0 Å². The third-order valence-corrected chi connectivity index (χ3v) is 4.74. The maximum Gasteiger partial charge on any atom is 0.260 e. The molecule has 0 radical (unpaired) electrons. The van der Waals surface area contributed by atoms with E-state index in [0.717, 1.165) is 54.7 Å². The fraction of sp³-hybridized carbons (Fsp3) is 0.368. The number of pyridine rings is 2. The van der Waals surface area contributed by atoms with Crippen LogP contribution in [0.4, 0.5) is 0 Å². The highest BCUT2D eigenvalue weighted by molar-refractivity contribution is 6.03. The molecule has 0 N–H and O–H groups in total. The molecule has 1 aromatic carbocycles. The van der Waals surface area contributed by atoms with Crippen LogP contribution in [-0.4, -0.2) is 22.8 Å². The second-order valence-corrected chi connectivity index (χ2v) is 6.34. The van der Waals surface area contributed by atoms with E-state index < -0.39 is 0 Å². The monoisotopic (exact) mass is 308 g/mol. The van der Waals surface area contributed by atoms with Crippen molar-refractivity contribution in [2.45, 2.75) is 26.3 Å². The zero-order chi connectivity index (χ0) is 15.8. The van der Waals surface area contributed by atoms with E-state index in [4.69, 9.17) is 4.74 Å². The van der Waals surface area contributed by atoms with Crippen LogP contribution < -0.4 is 5.56 Å². The molecule has 0 bridgehead atoms. The highest BCUT2D eigenvalue weighted by atomic mass is 16.5. The SMILES string of the molecule is Cc1ccc2c(=O)n(CC3CCOCC3)c3ccccc3c2n1. The van der Waals surface area contributed by atoms with Gasteiger partial charge in [0, 0.05) is 30.8 Å². The topological polar surface area (TPSA) is 44.1 Å². The summed E-state index contributed by atoms with van der Waals surface area (Å²) >= 11 is 0. The zero-order valence-electron chi connectivity index (χ0n) is 13.3. The van der Waals surface area contributed by atoms with Gasteiger partial charge in [-0.3, -0.25) is 9.78 Å². The Hall–Kier alpha value is -2.20. The lowest BCUT2D eigenvalue weighted by atomic mass is 9.99. The Morgan fingerprint density at radius 3 is 2.74 bits per heavy atom. The number of benzene rings is 1. The molecule has 4 nitrogen and oxygen atoms in total. The van der Waals surface area contributed by atoms with Crippen LogP contribution in [0.2, 0.25) is 0 Å². The van der Waals surface area contributed by atoms with Crippen LogP contribution in [0.25, 0.3) is 21.8 Å². The minimum atomic E-state index is 0.0673. The molecule has 2 aromatic heterocycles. The van der Waals surface area contributed by atoms with Crippen molar-refractivity contribution in [1.82, 2.24) is 9.55 Å². The van der Waals surface area contributed by atoms with Crippen molar-refractivity contribution in [3.8, 4) is 0 Å². The Morgan fingerprint density at radius 2 is 1.91 bits per heavy atom. The van der Waals surface area contributed by atoms with Crippen molar-refractivity contribution in [2.75, 3.05) is 13.2 Å². The molecule has 118 valence electrons. The zero-order valence-corrected chi connectivity index (χ0v) is 13.3. The van der Waals surface area contributed by atoms with Crippen LogP contribution in [0.15, 0.2) is 41.2 Å². The fourth-order valence-corrected chi connectivity index (χ4v) is 3.47. The van der Waals surface area contributed by atoms with Crippen LogP contribution in [0.3, 0.4) is 0 Å². The van der Waals surface area contributed by atoms with Gasteiger partial charge in [0.25, 0.3) is 5.56 Å². The number of nitrogens with zero attached hydrogens (tertiary/aromatic N) is 2. The van der Waals surface area contributed by atoms with Crippen LogP contribution in [0.1, 0.15) is 18.5 Å². The highest BCUT2D eigenvalue weighted by Gasteiger charge is 2.18. The van der Waals surface area contributed by atoms with Gasteiger partial charge in [0.1, 0.15) is 0 Å². The van der Waals surface area contributed by atoms with Gasteiger partial charge in [-0.25, -0.2) is 0 Å². The number of aryl methyl sites for hydroxylation is 1. The number of para-hydroxylation sites is 1. The van der Waals surface area contributed by atoms with Crippen molar-refractivity contribution >= 4 is 21.8 Å². The molecule has 1 aliphatic rings. The average Bonchev–Trinajstić information content (AvgIpc) is 2.59. The van der Waals surface area contributed by atoms with Crippen molar-refractivity contribution in [3.05, 3.63) is 52.4 Å². The predicted octanol–water partition coefficient (Wildman–Crippen LogP) is 3.28. The lowest BCUT2D eigenvalue weighted by molar-refractivity contribution is 0.0614. The fourth-order valence-electron chi connectivity index (χ4n) is 3.47. The first-order valence-electron chi connectivity index (χ1n) is 8.20. The lowest BCUT2D eigenvalue weighted by Gasteiger charge is -2.24. The van der Waals surface area contributed by atoms with Gasteiger partial charge in [-0.15, -0.1) is 0 Å². The summed E-state index contributed by atoms with van der Waals surface area (Å²) in [5, 5.41) is 1.76. The average molecular weight is 308 g/mol. The molecule has 0 unspecified atom stereocenters. The number of ether oxygens (including phenoxy) is 1. The summed E-state index contributed by atoms with van der Waals surface area (Å²) in [5.74, 6) is 0.501. The number of hydrogen-bond donors (Lipinski definition) is 0. The van der Waals surface area contributed by atoms with Gasteiger partial charge in [0.05, 0.1) is 16.4 Å². The summed E-state index contributed by atoms with van der Waals surface area (Å²) in [7, 11) is 0. The highest BCUT2D eigenvalue weighted by Crippen LogP contribution is 2.24. The number of hydrogen-bond acceptors (Lipinski definition) is 3. The Labute approximate surface area is 134 Å². The van der Waals surface area contributed by atoms with Gasteiger partial charge in [0.15, 0.2) is 0 Å². The van der Waals surface area contributed by atoms with Gasteiger partial charge < -0.3 is 9.30 Å². The lowest BCUT2D eigenvalue weighted by Crippen LogP contribution is -2.28. The van der Waals surface area contributed by atoms with Crippen LogP contribution in [-0.2, 0) is 11.3 Å². The van der Waals surface area contributed by atoms with Crippen molar-refractivity contribution < 1.29 is 4.74 Å². The maximum atomic E-state index is 13.0. The number of aromatic nitrogens is 2. The van der Waals surface area contributed by atoms with E-state index in [-0.39, 0.29) is 5.56 Å². The van der Waals surface area contributed by atoms with E-state index in [9.17, 15) is 4.79 Å². The van der Waals surface area contributed by atoms with Gasteiger partial charge >= 0.3 is 0 Å². The third kappa shape index (κ3) is 2.53. The molecule has 0 atom stereocenters. The van der Waals surface area contributed by atoms with Crippen molar-refractivity contribution in [2.24, 2.45) is 5.92 Å². The summed E-state index contributed by atoms with van der Waals surface area (Å²) in [5.41, 5.74) is 2.80. The summed E-state index contributed by atoms with van der Waals surface area (Å²) in [6.07, 6.45) is 2.04. The van der Waals surface area contributed by atoms with Crippen LogP contribution in [0, 0.1) is 12.8 Å². The van der Waals surface area contributed by atoms with E-state index in [1.807, 2.05) is 41.8 Å². The van der Waals surface area contributed by atoms with Gasteiger partial charge in [-0.05, 0) is 43.9 Å². The second kappa shape index (κ2) is 5.78. The summed E-state index contributed by atoms with van der Waals surface area (Å²) in [6, 6.07) is 11.9. The second-order valence-electron chi connectivity index (χ2n) is 6.34. The first kappa shape index (κ1) is 14.4. The predicted molar refractivity (Wildman–Crippen MR) is 91.8 cm³/mol. The molecule has 0 aliphatic carbocycles. The normalized spacial score (nSPS) is 16.2. The summed E-state index contributed by atoms with van der Waals surface area (Å²) < 4.78 is 7.38. The maximum absolute atomic E-state index is 13.0. The molecule has 0 saturated carbocycles. The minimum Gasteiger partial charge on any atom is -0.381 e. The molecule has 23 heavy (non-hydrogen) atoms. The first-order chi connectivity index (χ1) is 11.2. The van der Waals surface area contributed by atoms with E-state index >= 15 is 0 Å².